The standard InChI is InChI=1S/C26H30N4O4S/c1-16-8-7-9-20(14-16)28-25(31)18(3)30-26(32)22-11-6-5-10-21(22)24(29-30)19-13-12-17(2)23(15-19)35(33,34)27-4/h7-9,12-15,18,27H,5-6,10-11H2,1-4H3,(H,28,31). The molecule has 1 aliphatic carbocycles. The van der Waals surface area contributed by atoms with E-state index in [1.165, 1.54) is 11.7 Å². The maximum Gasteiger partial charge on any atom is 0.271 e. The highest BCUT2D eigenvalue weighted by atomic mass is 32.2. The summed E-state index contributed by atoms with van der Waals surface area (Å²) < 4.78 is 28.7. The molecule has 1 amide bonds. The van der Waals surface area contributed by atoms with Crippen LogP contribution in [0.1, 0.15) is 48.1 Å². The number of carbonyl (C=O) groups excluding carboxylic acids is 1. The SMILES string of the molecule is CNS(=O)(=O)c1cc(-c2nn(C(C)C(=O)Nc3cccc(C)c3)c(=O)c3c2CCCC3)ccc1C. The van der Waals surface area contributed by atoms with Crippen molar-refractivity contribution < 1.29 is 13.2 Å². The molecule has 0 aliphatic heterocycles. The van der Waals surface area contributed by atoms with E-state index < -0.39 is 16.1 Å². The van der Waals surface area contributed by atoms with Gasteiger partial charge in [0.2, 0.25) is 15.9 Å². The highest BCUT2D eigenvalue weighted by Crippen LogP contribution is 2.31. The van der Waals surface area contributed by atoms with Crippen LogP contribution < -0.4 is 15.6 Å². The molecule has 9 heteroatoms. The second kappa shape index (κ2) is 9.75. The molecule has 1 aromatic heterocycles. The first-order valence-electron chi connectivity index (χ1n) is 11.7. The number of hydrogen-bond donors (Lipinski definition) is 2. The lowest BCUT2D eigenvalue weighted by molar-refractivity contribution is -0.119. The van der Waals surface area contributed by atoms with E-state index in [1.807, 2.05) is 31.2 Å². The number of nitrogens with one attached hydrogen (secondary N) is 2. The number of amides is 1. The number of hydrogen-bond acceptors (Lipinski definition) is 5. The summed E-state index contributed by atoms with van der Waals surface area (Å²) in [5, 5.41) is 7.51. The molecule has 1 atom stereocenters. The van der Waals surface area contributed by atoms with Crippen LogP contribution in [0.3, 0.4) is 0 Å². The lowest BCUT2D eigenvalue weighted by Crippen LogP contribution is -2.37. The number of sulfonamides is 1. The molecule has 8 nitrogen and oxygen atoms in total. The number of carbonyl (C=O) groups is 1. The molecule has 3 aromatic rings. The van der Waals surface area contributed by atoms with E-state index in [0.717, 1.165) is 24.0 Å². The van der Waals surface area contributed by atoms with Gasteiger partial charge in [-0.1, -0.05) is 24.3 Å². The van der Waals surface area contributed by atoms with Gasteiger partial charge in [-0.15, -0.1) is 0 Å². The Labute approximate surface area is 205 Å². The Morgan fingerprint density at radius 1 is 1.06 bits per heavy atom. The molecule has 35 heavy (non-hydrogen) atoms. The van der Waals surface area contributed by atoms with Crippen molar-refractivity contribution in [3.05, 3.63) is 75.1 Å². The van der Waals surface area contributed by atoms with E-state index in [0.29, 0.717) is 40.9 Å². The van der Waals surface area contributed by atoms with Crippen LogP contribution in [0.5, 0.6) is 0 Å². The molecule has 0 radical (unpaired) electrons. The average molecular weight is 495 g/mol. The summed E-state index contributed by atoms with van der Waals surface area (Å²) in [5.41, 5.74) is 4.61. The van der Waals surface area contributed by atoms with Gasteiger partial charge < -0.3 is 5.32 Å². The second-order valence-corrected chi connectivity index (χ2v) is 10.8. The van der Waals surface area contributed by atoms with E-state index in [-0.39, 0.29) is 16.4 Å². The molecule has 2 aromatic carbocycles. The van der Waals surface area contributed by atoms with Gasteiger partial charge >= 0.3 is 0 Å². The fourth-order valence-electron chi connectivity index (χ4n) is 4.48. The lowest BCUT2D eigenvalue weighted by atomic mass is 9.89. The molecule has 1 unspecified atom stereocenters. The molecule has 0 saturated carbocycles. The molecule has 0 spiro atoms. The number of aromatic nitrogens is 2. The number of aryl methyl sites for hydroxylation is 2. The Balaban J connectivity index is 1.82. The zero-order chi connectivity index (χ0) is 25.3. The molecule has 1 heterocycles. The molecular weight excluding hydrogens is 464 g/mol. The largest absolute Gasteiger partial charge is 0.324 e. The Bertz CT molecular complexity index is 1460. The fourth-order valence-corrected chi connectivity index (χ4v) is 5.47. The van der Waals surface area contributed by atoms with Crippen molar-refractivity contribution >= 4 is 21.6 Å². The van der Waals surface area contributed by atoms with E-state index in [1.54, 1.807) is 32.0 Å². The van der Waals surface area contributed by atoms with Gasteiger partial charge in [0.1, 0.15) is 6.04 Å². The summed E-state index contributed by atoms with van der Waals surface area (Å²) in [7, 11) is -2.31. The van der Waals surface area contributed by atoms with Crippen molar-refractivity contribution in [2.24, 2.45) is 0 Å². The second-order valence-electron chi connectivity index (χ2n) is 8.99. The van der Waals surface area contributed by atoms with Gasteiger partial charge in [0.25, 0.3) is 5.56 Å². The minimum atomic E-state index is -3.68. The third-order valence-electron chi connectivity index (χ3n) is 6.48. The van der Waals surface area contributed by atoms with Crippen LogP contribution in [0.4, 0.5) is 5.69 Å². The predicted molar refractivity (Wildman–Crippen MR) is 136 cm³/mol. The van der Waals surface area contributed by atoms with E-state index in [2.05, 4.69) is 15.1 Å². The van der Waals surface area contributed by atoms with Crippen LogP contribution >= 0.6 is 0 Å². The van der Waals surface area contributed by atoms with Gasteiger partial charge in [0, 0.05) is 16.8 Å². The zero-order valence-corrected chi connectivity index (χ0v) is 21.2. The summed E-state index contributed by atoms with van der Waals surface area (Å²) in [6.07, 6.45) is 3.08. The van der Waals surface area contributed by atoms with Gasteiger partial charge in [-0.25, -0.2) is 17.8 Å². The smallest absolute Gasteiger partial charge is 0.271 e. The van der Waals surface area contributed by atoms with E-state index >= 15 is 0 Å². The minimum Gasteiger partial charge on any atom is -0.324 e. The molecule has 0 bridgehead atoms. The third-order valence-corrected chi connectivity index (χ3v) is 8.04. The van der Waals surface area contributed by atoms with E-state index in [9.17, 15) is 18.0 Å². The maximum absolute atomic E-state index is 13.4. The van der Waals surface area contributed by atoms with Crippen molar-refractivity contribution in [3.63, 3.8) is 0 Å². The first-order chi connectivity index (χ1) is 16.6. The summed E-state index contributed by atoms with van der Waals surface area (Å²) in [4.78, 5) is 26.6. The van der Waals surface area contributed by atoms with Gasteiger partial charge in [0.15, 0.2) is 0 Å². The molecule has 4 rings (SSSR count). The topological polar surface area (TPSA) is 110 Å². The van der Waals surface area contributed by atoms with Gasteiger partial charge in [-0.2, -0.15) is 5.10 Å². The maximum atomic E-state index is 13.4. The van der Waals surface area contributed by atoms with Crippen LogP contribution in [0, 0.1) is 13.8 Å². The number of benzene rings is 2. The molecule has 184 valence electrons. The Morgan fingerprint density at radius 3 is 2.46 bits per heavy atom. The quantitative estimate of drug-likeness (QED) is 0.545. The van der Waals surface area contributed by atoms with Crippen molar-refractivity contribution in [2.45, 2.75) is 57.4 Å². The van der Waals surface area contributed by atoms with Crippen LogP contribution in [0.25, 0.3) is 11.3 Å². The van der Waals surface area contributed by atoms with Gasteiger partial charge in [0.05, 0.1) is 10.6 Å². The first-order valence-corrected chi connectivity index (χ1v) is 13.2. The summed E-state index contributed by atoms with van der Waals surface area (Å²) >= 11 is 0. The molecule has 1 aliphatic rings. The number of fused-ring (bicyclic) bond motifs is 1. The van der Waals surface area contributed by atoms with Crippen LogP contribution in [-0.4, -0.2) is 31.2 Å². The van der Waals surface area contributed by atoms with Gasteiger partial charge in [-0.05, 0) is 88.4 Å². The number of anilines is 1. The Hall–Kier alpha value is -3.30. The van der Waals surface area contributed by atoms with Crippen molar-refractivity contribution in [2.75, 3.05) is 12.4 Å². The summed E-state index contributed by atoms with van der Waals surface area (Å²) in [6.45, 7) is 5.31. The summed E-state index contributed by atoms with van der Waals surface area (Å²) in [5.74, 6) is -0.353. The van der Waals surface area contributed by atoms with Crippen LogP contribution in [0.2, 0.25) is 0 Å². The highest BCUT2D eigenvalue weighted by Gasteiger charge is 2.26. The summed E-state index contributed by atoms with van der Waals surface area (Å²) in [6, 6.07) is 11.7. The Kier molecular flexibility index (Phi) is 6.91. The molecule has 2 N–H and O–H groups in total. The number of nitrogens with zero attached hydrogens (tertiary/aromatic N) is 2. The molecule has 0 fully saturated rings. The van der Waals surface area contributed by atoms with Crippen molar-refractivity contribution in [1.82, 2.24) is 14.5 Å². The third kappa shape index (κ3) is 4.92. The minimum absolute atomic E-state index is 0.159. The predicted octanol–water partition coefficient (Wildman–Crippen LogP) is 3.51. The van der Waals surface area contributed by atoms with Gasteiger partial charge in [-0.3, -0.25) is 9.59 Å². The average Bonchev–Trinajstić information content (AvgIpc) is 2.84. The van der Waals surface area contributed by atoms with Crippen molar-refractivity contribution in [1.29, 1.82) is 0 Å². The lowest BCUT2D eigenvalue weighted by Gasteiger charge is -2.23. The molecule has 0 saturated heterocycles. The Morgan fingerprint density at radius 2 is 1.77 bits per heavy atom. The zero-order valence-electron chi connectivity index (χ0n) is 20.4. The fraction of sp³-hybridized carbons (Fsp3) is 0.346. The van der Waals surface area contributed by atoms with Crippen molar-refractivity contribution in [3.8, 4) is 11.3 Å². The van der Waals surface area contributed by atoms with Crippen LogP contribution in [0.15, 0.2) is 52.2 Å². The monoisotopic (exact) mass is 494 g/mol. The normalized spacial score (nSPS) is 14.3. The van der Waals surface area contributed by atoms with Crippen LogP contribution in [-0.2, 0) is 27.7 Å². The van der Waals surface area contributed by atoms with E-state index in [4.69, 9.17) is 0 Å². The number of rotatable bonds is 6. The highest BCUT2D eigenvalue weighted by molar-refractivity contribution is 7.89. The molecular formula is C26H30N4O4S. The first kappa shape index (κ1) is 24.8.